The number of aromatic nitrogens is 3. The van der Waals surface area contributed by atoms with E-state index in [4.69, 9.17) is 4.74 Å². The van der Waals surface area contributed by atoms with Crippen LogP contribution in [-0.4, -0.2) is 40.1 Å². The second kappa shape index (κ2) is 6.01. The van der Waals surface area contributed by atoms with Gasteiger partial charge in [0.05, 0.1) is 6.10 Å². The second-order valence-corrected chi connectivity index (χ2v) is 5.63. The van der Waals surface area contributed by atoms with Gasteiger partial charge in [0.25, 0.3) is 0 Å². The highest BCUT2D eigenvalue weighted by molar-refractivity contribution is 5.05. The van der Waals surface area contributed by atoms with Crippen molar-refractivity contribution in [2.75, 3.05) is 13.2 Å². The lowest BCUT2D eigenvalue weighted by Gasteiger charge is -2.53. The fourth-order valence-electron chi connectivity index (χ4n) is 2.92. The largest absolute Gasteiger partial charge is 0.378 e. The maximum absolute atomic E-state index is 5.81. The summed E-state index contributed by atoms with van der Waals surface area (Å²) in [7, 11) is 1.90. The molecule has 1 aromatic rings. The zero-order chi connectivity index (χ0) is 13.9. The Kier molecular flexibility index (Phi) is 4.58. The Morgan fingerprint density at radius 2 is 2.32 bits per heavy atom. The van der Waals surface area contributed by atoms with E-state index in [9.17, 15) is 0 Å². The van der Waals surface area contributed by atoms with Gasteiger partial charge in [0.2, 0.25) is 0 Å². The van der Waals surface area contributed by atoms with Gasteiger partial charge in [-0.1, -0.05) is 13.8 Å². The molecule has 0 aromatic carbocycles. The SMILES string of the molecule is CCOC1CC(NCCc2ncn(C)n2)C1(C)CC. The number of hydrogen-bond acceptors (Lipinski definition) is 4. The van der Waals surface area contributed by atoms with Crippen molar-refractivity contribution in [3.05, 3.63) is 12.2 Å². The molecule has 0 radical (unpaired) electrons. The molecule has 5 nitrogen and oxygen atoms in total. The molecular formula is C14H26N4O. The molecule has 0 bridgehead atoms. The normalized spacial score (nSPS) is 30.3. The molecule has 2 rings (SSSR count). The minimum absolute atomic E-state index is 0.271. The first kappa shape index (κ1) is 14.5. The van der Waals surface area contributed by atoms with Crippen LogP contribution in [0.1, 0.15) is 39.4 Å². The highest BCUT2D eigenvalue weighted by Gasteiger charge is 2.50. The molecule has 108 valence electrons. The van der Waals surface area contributed by atoms with Gasteiger partial charge in [-0.05, 0) is 19.8 Å². The molecule has 3 atom stereocenters. The van der Waals surface area contributed by atoms with E-state index in [1.165, 1.54) is 0 Å². The van der Waals surface area contributed by atoms with E-state index in [0.717, 1.165) is 38.2 Å². The lowest BCUT2D eigenvalue weighted by molar-refractivity contribution is -0.125. The van der Waals surface area contributed by atoms with Gasteiger partial charge >= 0.3 is 0 Å². The van der Waals surface area contributed by atoms with Crippen molar-refractivity contribution in [3.63, 3.8) is 0 Å². The number of ether oxygens (including phenoxy) is 1. The molecule has 1 heterocycles. The Bertz CT molecular complexity index is 406. The van der Waals surface area contributed by atoms with Crippen molar-refractivity contribution in [2.24, 2.45) is 12.5 Å². The smallest absolute Gasteiger partial charge is 0.151 e. The average molecular weight is 266 g/mol. The quantitative estimate of drug-likeness (QED) is 0.813. The van der Waals surface area contributed by atoms with Gasteiger partial charge in [-0.25, -0.2) is 4.98 Å². The summed E-state index contributed by atoms with van der Waals surface area (Å²) < 4.78 is 7.56. The summed E-state index contributed by atoms with van der Waals surface area (Å²) >= 11 is 0. The number of nitrogens with zero attached hydrogens (tertiary/aromatic N) is 3. The van der Waals surface area contributed by atoms with Gasteiger partial charge in [-0.2, -0.15) is 5.10 Å². The Morgan fingerprint density at radius 1 is 1.53 bits per heavy atom. The van der Waals surface area contributed by atoms with Crippen molar-refractivity contribution in [3.8, 4) is 0 Å². The lowest BCUT2D eigenvalue weighted by Crippen LogP contribution is -2.62. The fraction of sp³-hybridized carbons (Fsp3) is 0.857. The molecule has 1 aromatic heterocycles. The summed E-state index contributed by atoms with van der Waals surface area (Å²) in [5, 5.41) is 7.93. The summed E-state index contributed by atoms with van der Waals surface area (Å²) in [6, 6.07) is 0.553. The summed E-state index contributed by atoms with van der Waals surface area (Å²) in [4.78, 5) is 4.24. The summed E-state index contributed by atoms with van der Waals surface area (Å²) in [5.41, 5.74) is 0.271. The first-order valence-electron chi connectivity index (χ1n) is 7.29. The Hall–Kier alpha value is -0.940. The molecule has 1 aliphatic rings. The van der Waals surface area contributed by atoms with E-state index in [1.54, 1.807) is 11.0 Å². The highest BCUT2D eigenvalue weighted by Crippen LogP contribution is 2.45. The minimum atomic E-state index is 0.271. The van der Waals surface area contributed by atoms with Crippen LogP contribution in [0.2, 0.25) is 0 Å². The van der Waals surface area contributed by atoms with Crippen LogP contribution in [0.5, 0.6) is 0 Å². The predicted octanol–water partition coefficient (Wildman–Crippen LogP) is 1.54. The van der Waals surface area contributed by atoms with Crippen LogP contribution in [0, 0.1) is 5.41 Å². The van der Waals surface area contributed by atoms with Gasteiger partial charge in [0.1, 0.15) is 6.33 Å². The van der Waals surface area contributed by atoms with Gasteiger partial charge in [0, 0.05) is 38.1 Å². The molecule has 0 aliphatic heterocycles. The van der Waals surface area contributed by atoms with Crippen LogP contribution in [0.25, 0.3) is 0 Å². The van der Waals surface area contributed by atoms with E-state index in [2.05, 4.69) is 36.2 Å². The third-order valence-corrected chi connectivity index (χ3v) is 4.50. The van der Waals surface area contributed by atoms with Crippen molar-refractivity contribution in [1.82, 2.24) is 20.1 Å². The van der Waals surface area contributed by atoms with Crippen LogP contribution in [0.4, 0.5) is 0 Å². The third kappa shape index (κ3) is 2.98. The van der Waals surface area contributed by atoms with Crippen molar-refractivity contribution < 1.29 is 4.74 Å². The molecule has 19 heavy (non-hydrogen) atoms. The zero-order valence-electron chi connectivity index (χ0n) is 12.5. The van der Waals surface area contributed by atoms with E-state index in [1.807, 2.05) is 7.05 Å². The Labute approximate surface area is 115 Å². The first-order chi connectivity index (χ1) is 9.10. The molecule has 1 aliphatic carbocycles. The summed E-state index contributed by atoms with van der Waals surface area (Å²) in [6.07, 6.45) is 5.31. The molecule has 3 unspecified atom stereocenters. The molecule has 1 N–H and O–H groups in total. The summed E-state index contributed by atoms with van der Waals surface area (Å²) in [6.45, 7) is 8.39. The lowest BCUT2D eigenvalue weighted by atomic mass is 9.61. The number of rotatable bonds is 7. The Morgan fingerprint density at radius 3 is 2.89 bits per heavy atom. The molecule has 1 saturated carbocycles. The highest BCUT2D eigenvalue weighted by atomic mass is 16.5. The number of nitrogens with one attached hydrogen (secondary N) is 1. The van der Waals surface area contributed by atoms with Gasteiger partial charge in [-0.15, -0.1) is 0 Å². The van der Waals surface area contributed by atoms with Crippen LogP contribution in [0.3, 0.4) is 0 Å². The molecule has 0 saturated heterocycles. The van der Waals surface area contributed by atoms with Crippen LogP contribution < -0.4 is 5.32 Å². The average Bonchev–Trinajstić information content (AvgIpc) is 2.81. The van der Waals surface area contributed by atoms with E-state index in [0.29, 0.717) is 12.1 Å². The molecule has 5 heteroatoms. The van der Waals surface area contributed by atoms with Gasteiger partial charge in [0.15, 0.2) is 5.82 Å². The molecule has 0 amide bonds. The van der Waals surface area contributed by atoms with Gasteiger partial charge < -0.3 is 10.1 Å². The maximum atomic E-state index is 5.81. The van der Waals surface area contributed by atoms with E-state index >= 15 is 0 Å². The molecular weight excluding hydrogens is 240 g/mol. The Balaban J connectivity index is 1.77. The minimum Gasteiger partial charge on any atom is -0.378 e. The van der Waals surface area contributed by atoms with Gasteiger partial charge in [-0.3, -0.25) is 4.68 Å². The maximum Gasteiger partial charge on any atom is 0.151 e. The monoisotopic (exact) mass is 266 g/mol. The van der Waals surface area contributed by atoms with Crippen molar-refractivity contribution in [2.45, 2.75) is 52.2 Å². The predicted molar refractivity (Wildman–Crippen MR) is 74.9 cm³/mol. The second-order valence-electron chi connectivity index (χ2n) is 5.63. The standard InChI is InChI=1S/C14H26N4O/c1-5-14(3)11(9-12(14)19-6-2)15-8-7-13-16-10-18(4)17-13/h10-12,15H,5-9H2,1-4H3. The van der Waals surface area contributed by atoms with Crippen molar-refractivity contribution >= 4 is 0 Å². The van der Waals surface area contributed by atoms with Crippen LogP contribution in [-0.2, 0) is 18.2 Å². The summed E-state index contributed by atoms with van der Waals surface area (Å²) in [5.74, 6) is 0.911. The van der Waals surface area contributed by atoms with E-state index in [-0.39, 0.29) is 5.41 Å². The number of hydrogen-bond donors (Lipinski definition) is 1. The van der Waals surface area contributed by atoms with Crippen LogP contribution >= 0.6 is 0 Å². The third-order valence-electron chi connectivity index (χ3n) is 4.50. The topological polar surface area (TPSA) is 52.0 Å². The van der Waals surface area contributed by atoms with E-state index < -0.39 is 0 Å². The van der Waals surface area contributed by atoms with Crippen molar-refractivity contribution in [1.29, 1.82) is 0 Å². The fourth-order valence-corrected chi connectivity index (χ4v) is 2.92. The number of aryl methyl sites for hydroxylation is 1. The first-order valence-corrected chi connectivity index (χ1v) is 7.29. The zero-order valence-corrected chi connectivity index (χ0v) is 12.5. The molecule has 0 spiro atoms. The molecule has 1 fully saturated rings. The van der Waals surface area contributed by atoms with Crippen LogP contribution in [0.15, 0.2) is 6.33 Å².